The first-order valence-corrected chi connectivity index (χ1v) is 9.49. The van der Waals surface area contributed by atoms with E-state index >= 15 is 0 Å². The van der Waals surface area contributed by atoms with Crippen LogP contribution in [0.4, 0.5) is 0 Å². The number of carbonyl (C=O) groups excluding carboxylic acids is 1. The standard InChI is InChI=1S/C18H21N3O4S/c1-2-14-16(23)19-18(21(17(14)24)13-6-4-3-5-7-13)26-12-15(22)20-8-10-25-11-9-20/h3-7,23H,2,8-12H2,1H3. The zero-order valence-corrected chi connectivity index (χ0v) is 15.4. The molecule has 1 amide bonds. The molecule has 0 aliphatic carbocycles. The summed E-state index contributed by atoms with van der Waals surface area (Å²) in [5.41, 5.74) is 0.603. The van der Waals surface area contributed by atoms with E-state index in [9.17, 15) is 14.7 Å². The number of para-hydroxylation sites is 1. The Morgan fingerprint density at radius 2 is 1.96 bits per heavy atom. The second-order valence-electron chi connectivity index (χ2n) is 5.81. The minimum Gasteiger partial charge on any atom is -0.493 e. The molecular formula is C18H21N3O4S. The average Bonchev–Trinajstić information content (AvgIpc) is 2.67. The number of hydrogen-bond donors (Lipinski definition) is 1. The van der Waals surface area contributed by atoms with Crippen LogP contribution in [0.1, 0.15) is 12.5 Å². The van der Waals surface area contributed by atoms with Crippen molar-refractivity contribution in [1.82, 2.24) is 14.5 Å². The van der Waals surface area contributed by atoms with Crippen molar-refractivity contribution in [2.75, 3.05) is 32.1 Å². The lowest BCUT2D eigenvalue weighted by Gasteiger charge is -2.26. The van der Waals surface area contributed by atoms with E-state index in [0.717, 1.165) is 11.8 Å². The second kappa shape index (κ2) is 8.37. The van der Waals surface area contributed by atoms with Gasteiger partial charge in [-0.05, 0) is 18.6 Å². The van der Waals surface area contributed by atoms with E-state index in [2.05, 4.69) is 4.98 Å². The van der Waals surface area contributed by atoms with Gasteiger partial charge >= 0.3 is 0 Å². The lowest BCUT2D eigenvalue weighted by atomic mass is 10.2. The van der Waals surface area contributed by atoms with Crippen molar-refractivity contribution >= 4 is 17.7 Å². The molecule has 0 spiro atoms. The highest BCUT2D eigenvalue weighted by molar-refractivity contribution is 7.99. The molecule has 0 saturated carbocycles. The van der Waals surface area contributed by atoms with Crippen molar-refractivity contribution in [2.45, 2.75) is 18.5 Å². The van der Waals surface area contributed by atoms with Crippen LogP contribution in [0, 0.1) is 0 Å². The minimum atomic E-state index is -0.312. The van der Waals surface area contributed by atoms with Crippen LogP contribution in [0.15, 0.2) is 40.3 Å². The monoisotopic (exact) mass is 375 g/mol. The molecule has 1 aliphatic rings. The molecule has 8 heteroatoms. The van der Waals surface area contributed by atoms with Gasteiger partial charge in [0.15, 0.2) is 5.16 Å². The maximum absolute atomic E-state index is 12.8. The zero-order chi connectivity index (χ0) is 18.5. The number of amides is 1. The molecule has 1 saturated heterocycles. The van der Waals surface area contributed by atoms with E-state index in [1.807, 2.05) is 18.2 Å². The van der Waals surface area contributed by atoms with E-state index in [-0.39, 0.29) is 28.7 Å². The highest BCUT2D eigenvalue weighted by Gasteiger charge is 2.20. The molecule has 138 valence electrons. The van der Waals surface area contributed by atoms with Gasteiger partial charge in [-0.2, -0.15) is 4.98 Å². The minimum absolute atomic E-state index is 0.0359. The number of ether oxygens (including phenoxy) is 1. The predicted octanol–water partition coefficient (Wildman–Crippen LogP) is 1.45. The highest BCUT2D eigenvalue weighted by atomic mass is 32.2. The smallest absolute Gasteiger partial charge is 0.265 e. The Labute approximate surface area is 155 Å². The van der Waals surface area contributed by atoms with Crippen molar-refractivity contribution < 1.29 is 14.6 Å². The molecule has 1 aromatic carbocycles. The Balaban J connectivity index is 1.90. The third-order valence-electron chi connectivity index (χ3n) is 4.18. The topological polar surface area (TPSA) is 84.7 Å². The number of morpholine rings is 1. The van der Waals surface area contributed by atoms with Gasteiger partial charge in [0.1, 0.15) is 0 Å². The molecule has 7 nitrogen and oxygen atoms in total. The van der Waals surface area contributed by atoms with Crippen LogP contribution >= 0.6 is 11.8 Å². The fourth-order valence-electron chi connectivity index (χ4n) is 2.77. The fraction of sp³-hybridized carbons (Fsp3) is 0.389. The predicted molar refractivity (Wildman–Crippen MR) is 99.0 cm³/mol. The quantitative estimate of drug-likeness (QED) is 0.629. The lowest BCUT2D eigenvalue weighted by molar-refractivity contribution is -0.132. The SMILES string of the molecule is CCc1c(O)nc(SCC(=O)N2CCOCC2)n(-c2ccccc2)c1=O. The molecule has 0 atom stereocenters. The maximum Gasteiger partial charge on any atom is 0.265 e. The molecular weight excluding hydrogens is 354 g/mol. The molecule has 0 radical (unpaired) electrons. The van der Waals surface area contributed by atoms with Crippen molar-refractivity contribution in [1.29, 1.82) is 0 Å². The summed E-state index contributed by atoms with van der Waals surface area (Å²) < 4.78 is 6.71. The molecule has 1 N–H and O–H groups in total. The third-order valence-corrected chi connectivity index (χ3v) is 5.10. The summed E-state index contributed by atoms with van der Waals surface area (Å²) in [5.74, 6) is -0.165. The first kappa shape index (κ1) is 18.5. The normalized spacial score (nSPS) is 14.4. The van der Waals surface area contributed by atoms with Gasteiger partial charge in [-0.1, -0.05) is 36.9 Å². The van der Waals surface area contributed by atoms with E-state index in [1.54, 1.807) is 24.0 Å². The number of thioether (sulfide) groups is 1. The zero-order valence-electron chi connectivity index (χ0n) is 14.6. The highest BCUT2D eigenvalue weighted by Crippen LogP contribution is 2.23. The van der Waals surface area contributed by atoms with Gasteiger partial charge in [-0.3, -0.25) is 14.2 Å². The van der Waals surface area contributed by atoms with Crippen molar-refractivity contribution in [2.24, 2.45) is 0 Å². The Morgan fingerprint density at radius 1 is 1.27 bits per heavy atom. The largest absolute Gasteiger partial charge is 0.493 e. The van der Waals surface area contributed by atoms with Gasteiger partial charge in [0, 0.05) is 13.1 Å². The van der Waals surface area contributed by atoms with Gasteiger partial charge in [0.05, 0.1) is 30.2 Å². The first-order valence-electron chi connectivity index (χ1n) is 8.50. The van der Waals surface area contributed by atoms with E-state index in [0.29, 0.717) is 43.6 Å². The molecule has 26 heavy (non-hydrogen) atoms. The Morgan fingerprint density at radius 3 is 2.62 bits per heavy atom. The number of hydrogen-bond acceptors (Lipinski definition) is 6. The number of nitrogens with zero attached hydrogens (tertiary/aromatic N) is 3. The lowest BCUT2D eigenvalue weighted by Crippen LogP contribution is -2.41. The summed E-state index contributed by atoms with van der Waals surface area (Å²) in [5, 5.41) is 10.4. The summed E-state index contributed by atoms with van der Waals surface area (Å²) >= 11 is 1.15. The Hall–Kier alpha value is -2.32. The Bertz CT molecular complexity index is 832. The van der Waals surface area contributed by atoms with Crippen molar-refractivity contribution in [3.8, 4) is 11.6 Å². The number of aromatic hydroxyl groups is 1. The van der Waals surface area contributed by atoms with Crippen LogP contribution in [-0.2, 0) is 16.0 Å². The summed E-state index contributed by atoms with van der Waals surface area (Å²) in [6.45, 7) is 4.00. The number of aromatic nitrogens is 2. The van der Waals surface area contributed by atoms with E-state index < -0.39 is 0 Å². The van der Waals surface area contributed by atoms with Gasteiger partial charge in [0.2, 0.25) is 11.8 Å². The fourth-order valence-corrected chi connectivity index (χ4v) is 3.67. The second-order valence-corrected chi connectivity index (χ2v) is 6.75. The Kier molecular flexibility index (Phi) is 5.95. The molecule has 1 aliphatic heterocycles. The molecule has 0 unspecified atom stereocenters. The van der Waals surface area contributed by atoms with Gasteiger partial charge < -0.3 is 14.7 Å². The first-order chi connectivity index (χ1) is 12.6. The molecule has 2 heterocycles. The number of rotatable bonds is 5. The van der Waals surface area contributed by atoms with Crippen LogP contribution in [0.3, 0.4) is 0 Å². The van der Waals surface area contributed by atoms with Crippen LogP contribution in [0.2, 0.25) is 0 Å². The number of carbonyl (C=O) groups is 1. The summed E-state index contributed by atoms with van der Waals surface area (Å²) in [6, 6.07) is 9.11. The van der Waals surface area contributed by atoms with Crippen LogP contribution in [0.25, 0.3) is 5.69 Å². The maximum atomic E-state index is 12.8. The van der Waals surface area contributed by atoms with Crippen molar-refractivity contribution in [3.05, 3.63) is 46.2 Å². The van der Waals surface area contributed by atoms with Crippen LogP contribution < -0.4 is 5.56 Å². The summed E-state index contributed by atoms with van der Waals surface area (Å²) in [4.78, 5) is 31.1. The molecule has 3 rings (SSSR count). The third kappa shape index (κ3) is 3.91. The molecule has 0 bridgehead atoms. The van der Waals surface area contributed by atoms with E-state index in [1.165, 1.54) is 4.57 Å². The molecule has 2 aromatic rings. The summed E-state index contributed by atoms with van der Waals surface area (Å²) in [6.07, 6.45) is 0.377. The van der Waals surface area contributed by atoms with Crippen molar-refractivity contribution in [3.63, 3.8) is 0 Å². The number of benzene rings is 1. The molecule has 1 fully saturated rings. The molecule has 1 aromatic heterocycles. The average molecular weight is 375 g/mol. The van der Waals surface area contributed by atoms with E-state index in [4.69, 9.17) is 4.74 Å². The summed E-state index contributed by atoms with van der Waals surface area (Å²) in [7, 11) is 0. The van der Waals surface area contributed by atoms with Gasteiger partial charge in [0.25, 0.3) is 5.56 Å². The van der Waals surface area contributed by atoms with Crippen LogP contribution in [0.5, 0.6) is 5.88 Å². The van der Waals surface area contributed by atoms with Gasteiger partial charge in [-0.15, -0.1) is 0 Å². The van der Waals surface area contributed by atoms with Gasteiger partial charge in [-0.25, -0.2) is 0 Å². The van der Waals surface area contributed by atoms with Crippen LogP contribution in [-0.4, -0.2) is 57.5 Å².